The van der Waals surface area contributed by atoms with Crippen molar-refractivity contribution >= 4 is 34.0 Å². The van der Waals surface area contributed by atoms with E-state index in [9.17, 15) is 9.59 Å². The molecule has 0 aliphatic carbocycles. The smallest absolute Gasteiger partial charge is 0.265 e. The quantitative estimate of drug-likeness (QED) is 0.284. The van der Waals surface area contributed by atoms with Gasteiger partial charge in [0, 0.05) is 73.4 Å². The third-order valence-corrected chi connectivity index (χ3v) is 9.50. The van der Waals surface area contributed by atoms with Gasteiger partial charge in [-0.2, -0.15) is 0 Å². The van der Waals surface area contributed by atoms with Crippen LogP contribution in [0.2, 0.25) is 0 Å². The number of imide groups is 1. The minimum Gasteiger partial charge on any atom is -0.371 e. The van der Waals surface area contributed by atoms with Gasteiger partial charge in [-0.25, -0.2) is 9.58 Å². The zero-order valence-electron chi connectivity index (χ0n) is 27.1. The average molecular weight is 636 g/mol. The van der Waals surface area contributed by atoms with Crippen molar-refractivity contribution in [1.29, 1.82) is 0 Å². The summed E-state index contributed by atoms with van der Waals surface area (Å²) in [4.78, 5) is 33.8. The molecule has 0 atom stereocenters. The van der Waals surface area contributed by atoms with Crippen molar-refractivity contribution in [3.05, 3.63) is 77.6 Å². The van der Waals surface area contributed by atoms with E-state index in [0.29, 0.717) is 16.8 Å². The van der Waals surface area contributed by atoms with Crippen molar-refractivity contribution in [1.82, 2.24) is 35.8 Å². The van der Waals surface area contributed by atoms with Crippen molar-refractivity contribution in [2.45, 2.75) is 38.6 Å². The van der Waals surface area contributed by atoms with Gasteiger partial charge in [0.1, 0.15) is 0 Å². The molecule has 0 bridgehead atoms. The Morgan fingerprint density at radius 3 is 2.13 bits per heavy atom. The summed E-state index contributed by atoms with van der Waals surface area (Å²) >= 11 is 0. The van der Waals surface area contributed by atoms with Gasteiger partial charge in [0.25, 0.3) is 11.8 Å². The summed E-state index contributed by atoms with van der Waals surface area (Å²) < 4.78 is 1.76. The highest BCUT2D eigenvalue weighted by molar-refractivity contribution is 6.36. The number of nitrogens with zero attached hydrogens (tertiary/aromatic N) is 6. The first-order chi connectivity index (χ1) is 23.2. The summed E-state index contributed by atoms with van der Waals surface area (Å²) in [6.07, 6.45) is 7.72. The molecule has 11 nitrogen and oxygen atoms in total. The number of hydrogen-bond donors (Lipinski definition) is 3. The SMILES string of the molecule is O=C1c2cccc3c(N4CCCCC4)ccc(c23)C(=O)N1c1ccc(-n2cc(CN3CCCNCCNCCCNCC3)nn2)cc1. The lowest BCUT2D eigenvalue weighted by molar-refractivity contribution is 0.0893. The van der Waals surface area contributed by atoms with Gasteiger partial charge in [-0.3, -0.25) is 14.5 Å². The van der Waals surface area contributed by atoms with Crippen molar-refractivity contribution in [3.8, 4) is 5.69 Å². The highest BCUT2D eigenvalue weighted by Gasteiger charge is 2.35. The van der Waals surface area contributed by atoms with E-state index in [1.807, 2.05) is 54.7 Å². The average Bonchev–Trinajstić information content (AvgIpc) is 3.58. The van der Waals surface area contributed by atoms with Crippen molar-refractivity contribution in [3.63, 3.8) is 0 Å². The van der Waals surface area contributed by atoms with Crippen molar-refractivity contribution in [2.75, 3.05) is 75.2 Å². The predicted octanol–water partition coefficient (Wildman–Crippen LogP) is 3.58. The second kappa shape index (κ2) is 14.7. The monoisotopic (exact) mass is 635 g/mol. The lowest BCUT2D eigenvalue weighted by Crippen LogP contribution is -2.40. The summed E-state index contributed by atoms with van der Waals surface area (Å²) in [7, 11) is 0. The molecule has 3 aliphatic heterocycles. The number of carbonyl (C=O) groups is 2. The van der Waals surface area contributed by atoms with Gasteiger partial charge in [-0.15, -0.1) is 5.10 Å². The molecule has 0 spiro atoms. The number of benzene rings is 3. The van der Waals surface area contributed by atoms with E-state index >= 15 is 0 Å². The van der Waals surface area contributed by atoms with E-state index in [0.717, 1.165) is 126 Å². The van der Waals surface area contributed by atoms with Crippen LogP contribution in [0.3, 0.4) is 0 Å². The van der Waals surface area contributed by atoms with Crippen LogP contribution in [-0.2, 0) is 6.54 Å². The van der Waals surface area contributed by atoms with Gasteiger partial charge in [0.15, 0.2) is 0 Å². The maximum Gasteiger partial charge on any atom is 0.265 e. The molecule has 1 aromatic heterocycles. The summed E-state index contributed by atoms with van der Waals surface area (Å²) in [5.74, 6) is -0.586. The van der Waals surface area contributed by atoms with E-state index in [-0.39, 0.29) is 11.8 Å². The molecule has 4 heterocycles. The summed E-state index contributed by atoms with van der Waals surface area (Å²) in [5.41, 5.74) is 4.50. The molecule has 4 aromatic rings. The van der Waals surface area contributed by atoms with Crippen LogP contribution in [0.15, 0.2) is 60.8 Å². The van der Waals surface area contributed by atoms with Crippen molar-refractivity contribution < 1.29 is 9.59 Å². The van der Waals surface area contributed by atoms with Gasteiger partial charge >= 0.3 is 0 Å². The summed E-state index contributed by atoms with van der Waals surface area (Å²) in [6, 6.07) is 17.2. The first-order valence-electron chi connectivity index (χ1n) is 17.2. The van der Waals surface area contributed by atoms with E-state index in [1.165, 1.54) is 11.3 Å². The van der Waals surface area contributed by atoms with Crippen LogP contribution >= 0.6 is 0 Å². The fourth-order valence-electron chi connectivity index (χ4n) is 7.03. The highest BCUT2D eigenvalue weighted by atomic mass is 16.2. The number of aromatic nitrogens is 3. The summed E-state index contributed by atoms with van der Waals surface area (Å²) in [6.45, 7) is 10.6. The number of rotatable bonds is 5. The van der Waals surface area contributed by atoms with Crippen LogP contribution in [0, 0.1) is 0 Å². The summed E-state index contributed by atoms with van der Waals surface area (Å²) in [5, 5.41) is 21.2. The molecule has 0 radical (unpaired) electrons. The number of nitrogens with one attached hydrogen (secondary N) is 3. The molecule has 7 rings (SSSR count). The van der Waals surface area contributed by atoms with Crippen molar-refractivity contribution in [2.24, 2.45) is 0 Å². The van der Waals surface area contributed by atoms with Gasteiger partial charge < -0.3 is 20.9 Å². The maximum absolute atomic E-state index is 13.9. The molecule has 2 saturated heterocycles. The van der Waals surface area contributed by atoms with Gasteiger partial charge in [-0.1, -0.05) is 17.3 Å². The van der Waals surface area contributed by atoms with Gasteiger partial charge in [0.05, 0.1) is 23.3 Å². The topological polar surface area (TPSA) is 111 Å². The third kappa shape index (κ3) is 6.94. The Morgan fingerprint density at radius 1 is 0.638 bits per heavy atom. The Labute approximate surface area is 276 Å². The largest absolute Gasteiger partial charge is 0.371 e. The molecule has 2 fully saturated rings. The molecule has 3 aliphatic rings. The van der Waals surface area contributed by atoms with E-state index < -0.39 is 0 Å². The van der Waals surface area contributed by atoms with Crippen LogP contribution in [0.5, 0.6) is 0 Å². The first kappa shape index (κ1) is 31.4. The zero-order valence-corrected chi connectivity index (χ0v) is 27.1. The zero-order chi connectivity index (χ0) is 32.0. The van der Waals surface area contributed by atoms with Gasteiger partial charge in [0.2, 0.25) is 0 Å². The second-order valence-corrected chi connectivity index (χ2v) is 12.8. The molecule has 47 heavy (non-hydrogen) atoms. The van der Waals surface area contributed by atoms with E-state index in [1.54, 1.807) is 4.68 Å². The first-order valence-corrected chi connectivity index (χ1v) is 17.2. The third-order valence-electron chi connectivity index (χ3n) is 9.50. The number of carbonyl (C=O) groups excluding carboxylic acids is 2. The number of anilines is 2. The standard InChI is InChI=1S/C36H45N9O2/c46-35-31-8-4-7-30-33(43-22-2-1-3-23-43)14-13-32(34(30)31)36(47)45(35)29-11-9-28(10-12-29)44-26-27(40-41-44)25-42-21-6-17-38-19-18-37-15-5-16-39-20-24-42/h4,7-14,26,37-39H,1-3,5-6,15-25H2. The highest BCUT2D eigenvalue weighted by Crippen LogP contribution is 2.38. The Kier molecular flexibility index (Phi) is 9.85. The second-order valence-electron chi connectivity index (χ2n) is 12.8. The van der Waals surface area contributed by atoms with Crippen LogP contribution in [0.4, 0.5) is 11.4 Å². The Hall–Kier alpha value is -4.16. The van der Waals surface area contributed by atoms with Crippen LogP contribution < -0.4 is 25.8 Å². The molecule has 2 amide bonds. The fourth-order valence-corrected chi connectivity index (χ4v) is 7.03. The molecule has 0 unspecified atom stereocenters. The lowest BCUT2D eigenvalue weighted by Gasteiger charge is -2.32. The lowest BCUT2D eigenvalue weighted by atomic mass is 9.92. The molecular weight excluding hydrogens is 590 g/mol. The Balaban J connectivity index is 1.05. The van der Waals surface area contributed by atoms with Crippen LogP contribution in [-0.4, -0.2) is 97.2 Å². The van der Waals surface area contributed by atoms with E-state index in [4.69, 9.17) is 0 Å². The molecular formula is C36H45N9O2. The minimum absolute atomic E-state index is 0.293. The fraction of sp³-hybridized carbons (Fsp3) is 0.444. The number of piperidine rings is 1. The van der Waals surface area contributed by atoms with Gasteiger partial charge in [-0.05, 0) is 101 Å². The normalized spacial score (nSPS) is 19.2. The number of amides is 2. The molecule has 3 aromatic carbocycles. The predicted molar refractivity (Wildman–Crippen MR) is 186 cm³/mol. The Bertz CT molecular complexity index is 1660. The molecule has 3 N–H and O–H groups in total. The Morgan fingerprint density at radius 2 is 1.34 bits per heavy atom. The van der Waals surface area contributed by atoms with Crippen LogP contribution in [0.1, 0.15) is 58.5 Å². The molecule has 0 saturated carbocycles. The molecule has 246 valence electrons. The minimum atomic E-state index is -0.293. The molecule has 11 heteroatoms. The maximum atomic E-state index is 13.9. The van der Waals surface area contributed by atoms with E-state index in [2.05, 4.69) is 42.1 Å². The van der Waals surface area contributed by atoms with Crippen LogP contribution in [0.25, 0.3) is 16.5 Å². The number of hydrogen-bond acceptors (Lipinski definition) is 9.